The third kappa shape index (κ3) is 2.49. The van der Waals surface area contributed by atoms with Crippen LogP contribution in [0.4, 0.5) is 0 Å². The molecule has 15 heavy (non-hydrogen) atoms. The van der Waals surface area contributed by atoms with E-state index >= 15 is 0 Å². The van der Waals surface area contributed by atoms with Gasteiger partial charge in [0.15, 0.2) is 0 Å². The summed E-state index contributed by atoms with van der Waals surface area (Å²) in [5.74, 6) is -1.41. The van der Waals surface area contributed by atoms with Crippen molar-refractivity contribution in [2.45, 2.75) is 45.3 Å². The van der Waals surface area contributed by atoms with Crippen molar-refractivity contribution >= 4 is 5.97 Å². The second kappa shape index (κ2) is 4.10. The predicted molar refractivity (Wildman–Crippen MR) is 55.3 cm³/mol. The summed E-state index contributed by atoms with van der Waals surface area (Å²) in [6, 6.07) is 0. The summed E-state index contributed by atoms with van der Waals surface area (Å²) in [4.78, 5) is 10.9. The highest BCUT2D eigenvalue weighted by Gasteiger charge is 2.44. The van der Waals surface area contributed by atoms with Crippen LogP contribution in [0, 0.1) is 17.8 Å². The Kier molecular flexibility index (Phi) is 3.41. The smallest absolute Gasteiger partial charge is 0.306 e. The third-order valence-corrected chi connectivity index (χ3v) is 3.62. The van der Waals surface area contributed by atoms with E-state index in [-0.39, 0.29) is 11.8 Å². The fourth-order valence-electron chi connectivity index (χ4n) is 2.54. The lowest BCUT2D eigenvalue weighted by molar-refractivity contribution is -0.153. The van der Waals surface area contributed by atoms with E-state index in [2.05, 4.69) is 0 Å². The molecule has 0 aromatic rings. The first-order valence-electron chi connectivity index (χ1n) is 5.39. The fraction of sp³-hybridized carbons (Fsp3) is 0.909. The highest BCUT2D eigenvalue weighted by atomic mass is 16.4. The van der Waals surface area contributed by atoms with Crippen molar-refractivity contribution in [3.05, 3.63) is 0 Å². The van der Waals surface area contributed by atoms with Gasteiger partial charge in [-0.15, -0.1) is 0 Å². The second-order valence-corrected chi connectivity index (χ2v) is 5.11. The molecule has 88 valence electrons. The summed E-state index contributed by atoms with van der Waals surface area (Å²) in [7, 11) is 0. The van der Waals surface area contributed by atoms with Gasteiger partial charge in [0.1, 0.15) is 0 Å². The number of carbonyl (C=O) groups is 1. The molecule has 5 unspecified atom stereocenters. The topological polar surface area (TPSA) is 77.8 Å². The Morgan fingerprint density at radius 3 is 2.47 bits per heavy atom. The zero-order chi connectivity index (χ0) is 11.8. The Hall–Kier alpha value is -0.610. The van der Waals surface area contributed by atoms with Crippen LogP contribution in [0.1, 0.15) is 33.6 Å². The van der Waals surface area contributed by atoms with E-state index in [0.717, 1.165) is 0 Å². The van der Waals surface area contributed by atoms with Crippen LogP contribution in [-0.2, 0) is 4.79 Å². The quantitative estimate of drug-likeness (QED) is 0.640. The summed E-state index contributed by atoms with van der Waals surface area (Å²) in [5.41, 5.74) is -1.16. The number of carboxylic acids is 1. The Morgan fingerprint density at radius 2 is 2.07 bits per heavy atom. The van der Waals surface area contributed by atoms with Crippen LogP contribution in [0.5, 0.6) is 0 Å². The lowest BCUT2D eigenvalue weighted by Crippen LogP contribution is -2.50. The average molecular weight is 216 g/mol. The number of carboxylic acid groups (broad SMARTS) is 1. The van der Waals surface area contributed by atoms with Gasteiger partial charge in [-0.3, -0.25) is 4.79 Å². The van der Waals surface area contributed by atoms with Crippen LogP contribution < -0.4 is 0 Å². The molecule has 5 atom stereocenters. The zero-order valence-electron chi connectivity index (χ0n) is 9.47. The minimum atomic E-state index is -1.16. The van der Waals surface area contributed by atoms with Gasteiger partial charge in [0.25, 0.3) is 0 Å². The highest BCUT2D eigenvalue weighted by molar-refractivity contribution is 5.69. The van der Waals surface area contributed by atoms with Gasteiger partial charge in [-0.2, -0.15) is 0 Å². The van der Waals surface area contributed by atoms with Crippen molar-refractivity contribution in [1.82, 2.24) is 0 Å². The summed E-state index contributed by atoms with van der Waals surface area (Å²) in [6.07, 6.45) is 0.256. The number of hydrogen-bond acceptors (Lipinski definition) is 3. The third-order valence-electron chi connectivity index (χ3n) is 3.62. The van der Waals surface area contributed by atoms with Gasteiger partial charge in [0.05, 0.1) is 17.6 Å². The van der Waals surface area contributed by atoms with E-state index in [0.29, 0.717) is 12.8 Å². The average Bonchev–Trinajstić information content (AvgIpc) is 2.11. The molecule has 0 aromatic carbocycles. The molecule has 1 aliphatic carbocycles. The number of aliphatic hydroxyl groups excluding tert-OH is 1. The normalized spacial score (nSPS) is 43.7. The van der Waals surface area contributed by atoms with Gasteiger partial charge >= 0.3 is 5.97 Å². The lowest BCUT2D eigenvalue weighted by atomic mass is 9.68. The van der Waals surface area contributed by atoms with Crippen LogP contribution in [0.2, 0.25) is 0 Å². The van der Waals surface area contributed by atoms with E-state index < -0.39 is 23.6 Å². The molecule has 0 aromatic heterocycles. The van der Waals surface area contributed by atoms with Crippen molar-refractivity contribution in [3.63, 3.8) is 0 Å². The Labute approximate surface area is 89.9 Å². The van der Waals surface area contributed by atoms with Gasteiger partial charge in [-0.1, -0.05) is 13.8 Å². The van der Waals surface area contributed by atoms with Gasteiger partial charge in [-0.25, -0.2) is 0 Å². The molecule has 1 rings (SSSR count). The van der Waals surface area contributed by atoms with Crippen LogP contribution in [0.25, 0.3) is 0 Å². The van der Waals surface area contributed by atoms with Crippen LogP contribution >= 0.6 is 0 Å². The zero-order valence-corrected chi connectivity index (χ0v) is 9.47. The van der Waals surface area contributed by atoms with Gasteiger partial charge in [0, 0.05) is 0 Å². The van der Waals surface area contributed by atoms with Crippen molar-refractivity contribution < 1.29 is 20.1 Å². The Morgan fingerprint density at radius 1 is 1.53 bits per heavy atom. The molecule has 0 amide bonds. The first-order chi connectivity index (χ1) is 6.75. The Balaban J connectivity index is 2.76. The molecule has 0 saturated heterocycles. The molecule has 1 fully saturated rings. The summed E-state index contributed by atoms with van der Waals surface area (Å²) >= 11 is 0. The largest absolute Gasteiger partial charge is 0.481 e. The minimum absolute atomic E-state index is 0.0550. The van der Waals surface area contributed by atoms with Crippen molar-refractivity contribution in [2.75, 3.05) is 0 Å². The molecule has 1 saturated carbocycles. The standard InChI is InChI=1S/C11H20O4/c1-6-4-8(7(2)10(13)14)5-11(3,15)9(6)12/h6-9,12,15H,4-5H2,1-3H3,(H,13,14). The number of aliphatic carboxylic acids is 1. The van der Waals surface area contributed by atoms with E-state index in [1.165, 1.54) is 0 Å². The maximum Gasteiger partial charge on any atom is 0.306 e. The lowest BCUT2D eigenvalue weighted by Gasteiger charge is -2.43. The highest BCUT2D eigenvalue weighted by Crippen LogP contribution is 2.39. The first-order valence-corrected chi connectivity index (χ1v) is 5.39. The SMILES string of the molecule is CC1CC(C(C)C(=O)O)CC(C)(O)C1O. The van der Waals surface area contributed by atoms with Gasteiger partial charge < -0.3 is 15.3 Å². The number of hydrogen-bond donors (Lipinski definition) is 3. The van der Waals surface area contributed by atoms with Crippen LogP contribution in [-0.4, -0.2) is 33.0 Å². The molecule has 0 heterocycles. The van der Waals surface area contributed by atoms with Crippen molar-refractivity contribution in [1.29, 1.82) is 0 Å². The molecule has 4 nitrogen and oxygen atoms in total. The van der Waals surface area contributed by atoms with E-state index in [1.807, 2.05) is 6.92 Å². The maximum absolute atomic E-state index is 10.9. The summed E-state index contributed by atoms with van der Waals surface area (Å²) < 4.78 is 0. The number of aliphatic hydroxyl groups is 2. The molecular formula is C11H20O4. The molecule has 0 radical (unpaired) electrons. The second-order valence-electron chi connectivity index (χ2n) is 5.11. The Bertz CT molecular complexity index is 249. The maximum atomic E-state index is 10.9. The summed E-state index contributed by atoms with van der Waals surface area (Å²) in [5, 5.41) is 28.6. The molecule has 0 spiro atoms. The molecule has 0 bridgehead atoms. The van der Waals surface area contributed by atoms with Crippen LogP contribution in [0.15, 0.2) is 0 Å². The predicted octanol–water partition coefficient (Wildman–Crippen LogP) is 0.865. The molecular weight excluding hydrogens is 196 g/mol. The molecule has 3 N–H and O–H groups in total. The van der Waals surface area contributed by atoms with Crippen LogP contribution in [0.3, 0.4) is 0 Å². The monoisotopic (exact) mass is 216 g/mol. The minimum Gasteiger partial charge on any atom is -0.481 e. The van der Waals surface area contributed by atoms with Crippen molar-refractivity contribution in [3.8, 4) is 0 Å². The van der Waals surface area contributed by atoms with Gasteiger partial charge in [0.2, 0.25) is 0 Å². The van der Waals surface area contributed by atoms with E-state index in [1.54, 1.807) is 13.8 Å². The van der Waals surface area contributed by atoms with E-state index in [4.69, 9.17) is 5.11 Å². The molecule has 1 aliphatic rings. The van der Waals surface area contributed by atoms with Crippen molar-refractivity contribution in [2.24, 2.45) is 17.8 Å². The fourth-order valence-corrected chi connectivity index (χ4v) is 2.54. The number of rotatable bonds is 2. The molecule has 0 aliphatic heterocycles. The molecule has 4 heteroatoms. The first kappa shape index (κ1) is 12.5. The van der Waals surface area contributed by atoms with E-state index in [9.17, 15) is 15.0 Å². The van der Waals surface area contributed by atoms with Gasteiger partial charge in [-0.05, 0) is 31.6 Å². The summed E-state index contributed by atoms with van der Waals surface area (Å²) in [6.45, 7) is 5.09.